The molecule has 32 heavy (non-hydrogen) atoms. The molecule has 7 heteroatoms. The standard InChI is InChI=1S/C25H41N5O2/c1-2-26-25(28-22-10-11-30(20-22)23-7-3-4-8-23)27-19-21-6-5-9-24(18-21)32-17-14-29-12-15-31-16-13-29/h5-6,9,18,22-23H,2-4,7-8,10-17,19-20H2,1H3,(H2,26,27,28). The van der Waals surface area contributed by atoms with E-state index in [2.05, 4.69) is 45.6 Å². The lowest BCUT2D eigenvalue weighted by atomic mass is 10.2. The van der Waals surface area contributed by atoms with Gasteiger partial charge in [0.1, 0.15) is 12.4 Å². The molecule has 3 aliphatic rings. The summed E-state index contributed by atoms with van der Waals surface area (Å²) in [6, 6.07) is 9.64. The SMILES string of the molecule is CCNC(=NCc1cccc(OCCN2CCOCC2)c1)NC1CCN(C2CCCC2)C1. The van der Waals surface area contributed by atoms with Gasteiger partial charge in [-0.1, -0.05) is 25.0 Å². The number of rotatable bonds is 9. The van der Waals surface area contributed by atoms with Gasteiger partial charge in [-0.3, -0.25) is 9.80 Å². The Kier molecular flexibility index (Phi) is 9.06. The molecule has 1 aromatic carbocycles. The molecule has 1 aromatic rings. The first-order valence-electron chi connectivity index (χ1n) is 12.6. The van der Waals surface area contributed by atoms with E-state index in [1.54, 1.807) is 0 Å². The minimum absolute atomic E-state index is 0.489. The summed E-state index contributed by atoms with van der Waals surface area (Å²) < 4.78 is 11.4. The zero-order valence-corrected chi connectivity index (χ0v) is 19.7. The molecule has 0 radical (unpaired) electrons. The van der Waals surface area contributed by atoms with Crippen LogP contribution < -0.4 is 15.4 Å². The number of nitrogens with one attached hydrogen (secondary N) is 2. The van der Waals surface area contributed by atoms with Gasteiger partial charge in [0.15, 0.2) is 5.96 Å². The first-order valence-corrected chi connectivity index (χ1v) is 12.6. The average molecular weight is 444 g/mol. The molecule has 1 saturated carbocycles. The van der Waals surface area contributed by atoms with E-state index >= 15 is 0 Å². The van der Waals surface area contributed by atoms with Crippen LogP contribution >= 0.6 is 0 Å². The molecule has 7 nitrogen and oxygen atoms in total. The summed E-state index contributed by atoms with van der Waals surface area (Å²) in [7, 11) is 0. The third-order valence-corrected chi connectivity index (χ3v) is 6.84. The van der Waals surface area contributed by atoms with Crippen molar-refractivity contribution in [2.45, 2.75) is 57.7 Å². The summed E-state index contributed by atoms with van der Waals surface area (Å²) in [5.41, 5.74) is 1.17. The maximum absolute atomic E-state index is 6.00. The van der Waals surface area contributed by atoms with Crippen molar-refractivity contribution in [3.8, 4) is 5.75 Å². The van der Waals surface area contributed by atoms with E-state index in [-0.39, 0.29) is 0 Å². The summed E-state index contributed by atoms with van der Waals surface area (Å²) in [5.74, 6) is 1.84. The maximum Gasteiger partial charge on any atom is 0.191 e. The van der Waals surface area contributed by atoms with Gasteiger partial charge in [0.25, 0.3) is 0 Å². The molecule has 2 saturated heterocycles. The molecule has 1 atom stereocenters. The normalized spacial score (nSPS) is 23.5. The van der Waals surface area contributed by atoms with Gasteiger partial charge in [-0.15, -0.1) is 0 Å². The molecule has 4 rings (SSSR count). The zero-order chi connectivity index (χ0) is 22.0. The monoisotopic (exact) mass is 443 g/mol. The number of morpholine rings is 1. The largest absolute Gasteiger partial charge is 0.492 e. The number of ether oxygens (including phenoxy) is 2. The van der Waals surface area contributed by atoms with Gasteiger partial charge in [0.05, 0.1) is 19.8 Å². The molecular weight excluding hydrogens is 402 g/mol. The van der Waals surface area contributed by atoms with Crippen molar-refractivity contribution in [2.75, 3.05) is 59.1 Å². The van der Waals surface area contributed by atoms with Gasteiger partial charge in [0.2, 0.25) is 0 Å². The quantitative estimate of drug-likeness (QED) is 0.452. The first kappa shape index (κ1) is 23.3. The third kappa shape index (κ3) is 7.09. The first-order chi connectivity index (χ1) is 15.8. The van der Waals surface area contributed by atoms with Crippen LogP contribution in [0, 0.1) is 0 Å². The lowest BCUT2D eigenvalue weighted by molar-refractivity contribution is 0.0322. The van der Waals surface area contributed by atoms with Crippen LogP contribution in [0.15, 0.2) is 29.3 Å². The Hall–Kier alpha value is -1.83. The summed E-state index contributed by atoms with van der Waals surface area (Å²) in [6.07, 6.45) is 6.77. The topological polar surface area (TPSA) is 61.4 Å². The minimum atomic E-state index is 0.489. The smallest absolute Gasteiger partial charge is 0.191 e. The lowest BCUT2D eigenvalue weighted by Crippen LogP contribution is -2.45. The van der Waals surface area contributed by atoms with Crippen LogP contribution in [-0.4, -0.2) is 86.9 Å². The van der Waals surface area contributed by atoms with Crippen molar-refractivity contribution in [2.24, 2.45) is 4.99 Å². The second-order valence-electron chi connectivity index (χ2n) is 9.21. The Morgan fingerprint density at radius 1 is 1.16 bits per heavy atom. The molecule has 2 heterocycles. The highest BCUT2D eigenvalue weighted by Gasteiger charge is 2.30. The zero-order valence-electron chi connectivity index (χ0n) is 19.7. The number of guanidine groups is 1. The fourth-order valence-electron chi connectivity index (χ4n) is 5.04. The van der Waals surface area contributed by atoms with E-state index in [1.807, 2.05) is 6.07 Å². The van der Waals surface area contributed by atoms with Crippen LogP contribution in [0.3, 0.4) is 0 Å². The molecule has 0 spiro atoms. The summed E-state index contributed by atoms with van der Waals surface area (Å²) >= 11 is 0. The van der Waals surface area contributed by atoms with Gasteiger partial charge in [0, 0.05) is 51.4 Å². The highest BCUT2D eigenvalue weighted by Crippen LogP contribution is 2.26. The second-order valence-corrected chi connectivity index (χ2v) is 9.21. The van der Waals surface area contributed by atoms with E-state index < -0.39 is 0 Å². The Bertz CT molecular complexity index is 716. The van der Waals surface area contributed by atoms with Crippen LogP contribution in [0.2, 0.25) is 0 Å². The third-order valence-electron chi connectivity index (χ3n) is 6.84. The Morgan fingerprint density at radius 2 is 2.00 bits per heavy atom. The fourth-order valence-corrected chi connectivity index (χ4v) is 5.04. The Morgan fingerprint density at radius 3 is 2.81 bits per heavy atom. The number of aliphatic imine (C=N–C) groups is 1. The molecule has 178 valence electrons. The van der Waals surface area contributed by atoms with Crippen molar-refractivity contribution in [1.29, 1.82) is 0 Å². The fraction of sp³-hybridized carbons (Fsp3) is 0.720. The van der Waals surface area contributed by atoms with E-state index in [4.69, 9.17) is 14.5 Å². The van der Waals surface area contributed by atoms with Crippen LogP contribution in [0.25, 0.3) is 0 Å². The van der Waals surface area contributed by atoms with Crippen LogP contribution in [-0.2, 0) is 11.3 Å². The highest BCUT2D eigenvalue weighted by atomic mass is 16.5. The molecule has 1 unspecified atom stereocenters. The Labute approximate surface area is 193 Å². The van der Waals surface area contributed by atoms with Crippen molar-refractivity contribution >= 4 is 5.96 Å². The molecule has 1 aliphatic carbocycles. The van der Waals surface area contributed by atoms with Crippen molar-refractivity contribution < 1.29 is 9.47 Å². The molecule has 2 aliphatic heterocycles. The van der Waals surface area contributed by atoms with E-state index in [9.17, 15) is 0 Å². The van der Waals surface area contributed by atoms with Gasteiger partial charge in [-0.05, 0) is 43.9 Å². The van der Waals surface area contributed by atoms with Crippen molar-refractivity contribution in [1.82, 2.24) is 20.4 Å². The van der Waals surface area contributed by atoms with Gasteiger partial charge in [-0.2, -0.15) is 0 Å². The number of likely N-dealkylation sites (tertiary alicyclic amines) is 1. The van der Waals surface area contributed by atoms with Gasteiger partial charge < -0.3 is 20.1 Å². The van der Waals surface area contributed by atoms with Crippen LogP contribution in [0.1, 0.15) is 44.6 Å². The minimum Gasteiger partial charge on any atom is -0.492 e. The van der Waals surface area contributed by atoms with Gasteiger partial charge >= 0.3 is 0 Å². The molecule has 3 fully saturated rings. The molecule has 0 amide bonds. The number of hydrogen-bond acceptors (Lipinski definition) is 5. The molecular formula is C25H41N5O2. The summed E-state index contributed by atoms with van der Waals surface area (Å²) in [6.45, 7) is 11.3. The summed E-state index contributed by atoms with van der Waals surface area (Å²) in [4.78, 5) is 9.94. The van der Waals surface area contributed by atoms with Crippen molar-refractivity contribution in [3.05, 3.63) is 29.8 Å². The van der Waals surface area contributed by atoms with Crippen LogP contribution in [0.5, 0.6) is 5.75 Å². The van der Waals surface area contributed by atoms with E-state index in [0.717, 1.165) is 63.7 Å². The molecule has 0 aromatic heterocycles. The molecule has 0 bridgehead atoms. The average Bonchev–Trinajstić information content (AvgIpc) is 3.51. The Balaban J connectivity index is 1.24. The number of hydrogen-bond donors (Lipinski definition) is 2. The lowest BCUT2D eigenvalue weighted by Gasteiger charge is -2.26. The number of nitrogens with zero attached hydrogens (tertiary/aromatic N) is 3. The number of benzene rings is 1. The molecule has 2 N–H and O–H groups in total. The van der Waals surface area contributed by atoms with Crippen molar-refractivity contribution in [3.63, 3.8) is 0 Å². The van der Waals surface area contributed by atoms with E-state index in [1.165, 1.54) is 44.2 Å². The van der Waals surface area contributed by atoms with Crippen LogP contribution in [0.4, 0.5) is 0 Å². The highest BCUT2D eigenvalue weighted by molar-refractivity contribution is 5.80. The second kappa shape index (κ2) is 12.4. The maximum atomic E-state index is 6.00. The predicted molar refractivity (Wildman–Crippen MR) is 129 cm³/mol. The van der Waals surface area contributed by atoms with Gasteiger partial charge in [-0.25, -0.2) is 4.99 Å². The summed E-state index contributed by atoms with van der Waals surface area (Å²) in [5, 5.41) is 7.10. The van der Waals surface area contributed by atoms with E-state index in [0.29, 0.717) is 19.2 Å². The predicted octanol–water partition coefficient (Wildman–Crippen LogP) is 2.47.